The average molecular weight is 375 g/mol. The van der Waals surface area contributed by atoms with Gasteiger partial charge in [0.15, 0.2) is 0 Å². The molecule has 0 aliphatic carbocycles. The molecule has 0 bridgehead atoms. The minimum Gasteiger partial charge on any atom is -0.492 e. The Morgan fingerprint density at radius 3 is 2.79 bits per heavy atom. The molecule has 0 radical (unpaired) electrons. The molecule has 1 aromatic carbocycles. The van der Waals surface area contributed by atoms with Gasteiger partial charge in [0.25, 0.3) is 0 Å². The van der Waals surface area contributed by atoms with Gasteiger partial charge in [-0.3, -0.25) is 0 Å². The Morgan fingerprint density at radius 2 is 2.12 bits per heavy atom. The summed E-state index contributed by atoms with van der Waals surface area (Å²) >= 11 is 12.2. The summed E-state index contributed by atoms with van der Waals surface area (Å²) in [7, 11) is 1.73. The van der Waals surface area contributed by atoms with Gasteiger partial charge in [0.2, 0.25) is 0 Å². The fourth-order valence-corrected chi connectivity index (χ4v) is 2.83. The van der Waals surface area contributed by atoms with E-state index in [9.17, 15) is 4.79 Å². The number of carbonyl (C=O) groups excluding carboxylic acids is 1. The van der Waals surface area contributed by atoms with Gasteiger partial charge >= 0.3 is 6.09 Å². The predicted molar refractivity (Wildman–Crippen MR) is 96.2 cm³/mol. The van der Waals surface area contributed by atoms with Crippen LogP contribution in [0.1, 0.15) is 38.8 Å². The summed E-state index contributed by atoms with van der Waals surface area (Å²) in [6.07, 6.45) is 0.507. The van der Waals surface area contributed by atoms with Crippen LogP contribution in [0.5, 0.6) is 5.75 Å². The fourth-order valence-electron chi connectivity index (χ4n) is 2.45. The molecule has 134 valence electrons. The van der Waals surface area contributed by atoms with E-state index >= 15 is 0 Å². The Labute approximate surface area is 153 Å². The SMILES string of the molecule is CN(CCNC1CCOc2c1ccc(Cl)c2Cl)C(=O)OC(C)(C)C. The summed E-state index contributed by atoms with van der Waals surface area (Å²) in [5.41, 5.74) is 0.504. The third kappa shape index (κ3) is 4.91. The van der Waals surface area contributed by atoms with E-state index in [1.54, 1.807) is 18.0 Å². The monoisotopic (exact) mass is 374 g/mol. The van der Waals surface area contributed by atoms with E-state index in [0.717, 1.165) is 12.0 Å². The molecule has 1 aliphatic rings. The fraction of sp³-hybridized carbons (Fsp3) is 0.588. The van der Waals surface area contributed by atoms with Gasteiger partial charge in [-0.25, -0.2) is 4.79 Å². The first-order valence-corrected chi connectivity index (χ1v) is 8.73. The van der Waals surface area contributed by atoms with Crippen LogP contribution in [0.3, 0.4) is 0 Å². The number of likely N-dealkylation sites (N-methyl/N-ethyl adjacent to an activating group) is 1. The lowest BCUT2D eigenvalue weighted by atomic mass is 10.0. The van der Waals surface area contributed by atoms with E-state index in [2.05, 4.69) is 5.32 Å². The van der Waals surface area contributed by atoms with Crippen LogP contribution < -0.4 is 10.1 Å². The Morgan fingerprint density at radius 1 is 1.42 bits per heavy atom. The predicted octanol–water partition coefficient (Wildman–Crippen LogP) is 4.27. The number of benzene rings is 1. The minimum atomic E-state index is -0.492. The van der Waals surface area contributed by atoms with Gasteiger partial charge in [0.05, 0.1) is 11.6 Å². The lowest BCUT2D eigenvalue weighted by Gasteiger charge is -2.29. The molecule has 1 N–H and O–H groups in total. The van der Waals surface area contributed by atoms with Gasteiger partial charge in [0.1, 0.15) is 16.4 Å². The molecule has 1 unspecified atom stereocenters. The van der Waals surface area contributed by atoms with E-state index in [-0.39, 0.29) is 12.1 Å². The van der Waals surface area contributed by atoms with Crippen LogP contribution in [-0.2, 0) is 4.74 Å². The molecule has 1 aliphatic heterocycles. The summed E-state index contributed by atoms with van der Waals surface area (Å²) in [5.74, 6) is 0.647. The van der Waals surface area contributed by atoms with Crippen molar-refractivity contribution in [3.63, 3.8) is 0 Å². The van der Waals surface area contributed by atoms with Gasteiger partial charge in [-0.15, -0.1) is 0 Å². The Hall–Kier alpha value is -1.17. The zero-order chi connectivity index (χ0) is 17.9. The highest BCUT2D eigenvalue weighted by Crippen LogP contribution is 2.41. The Kier molecular flexibility index (Phi) is 6.23. The van der Waals surface area contributed by atoms with Gasteiger partial charge in [0, 0.05) is 38.2 Å². The highest BCUT2D eigenvalue weighted by atomic mass is 35.5. The highest BCUT2D eigenvalue weighted by molar-refractivity contribution is 6.43. The van der Waals surface area contributed by atoms with Crippen molar-refractivity contribution in [1.82, 2.24) is 10.2 Å². The molecule has 0 aromatic heterocycles. The molecule has 5 nitrogen and oxygen atoms in total. The van der Waals surface area contributed by atoms with Crippen molar-refractivity contribution in [2.75, 3.05) is 26.7 Å². The number of hydrogen-bond donors (Lipinski definition) is 1. The lowest BCUT2D eigenvalue weighted by Crippen LogP contribution is -2.39. The highest BCUT2D eigenvalue weighted by Gasteiger charge is 2.25. The third-order valence-electron chi connectivity index (χ3n) is 3.65. The molecule has 7 heteroatoms. The first-order chi connectivity index (χ1) is 11.2. The molecule has 1 atom stereocenters. The quantitative estimate of drug-likeness (QED) is 0.854. The molecule has 2 rings (SSSR count). The Balaban J connectivity index is 1.90. The maximum absolute atomic E-state index is 11.9. The second-order valence-corrected chi connectivity index (χ2v) is 7.61. The molecule has 0 saturated heterocycles. The maximum Gasteiger partial charge on any atom is 0.410 e. The summed E-state index contributed by atoms with van der Waals surface area (Å²) < 4.78 is 11.0. The number of fused-ring (bicyclic) bond motifs is 1. The van der Waals surface area contributed by atoms with Crippen LogP contribution in [-0.4, -0.2) is 43.3 Å². The minimum absolute atomic E-state index is 0.121. The number of nitrogens with zero attached hydrogens (tertiary/aromatic N) is 1. The number of nitrogens with one attached hydrogen (secondary N) is 1. The van der Waals surface area contributed by atoms with Gasteiger partial charge in [-0.05, 0) is 26.8 Å². The molecule has 1 aromatic rings. The zero-order valence-corrected chi connectivity index (χ0v) is 16.0. The largest absolute Gasteiger partial charge is 0.492 e. The second-order valence-electron chi connectivity index (χ2n) is 6.83. The molecule has 24 heavy (non-hydrogen) atoms. The molecular weight excluding hydrogens is 351 g/mol. The Bertz CT molecular complexity index is 602. The zero-order valence-electron chi connectivity index (χ0n) is 14.5. The van der Waals surface area contributed by atoms with Crippen LogP contribution in [0.25, 0.3) is 0 Å². The van der Waals surface area contributed by atoms with Crippen molar-refractivity contribution in [2.24, 2.45) is 0 Å². The van der Waals surface area contributed by atoms with Crippen molar-refractivity contribution in [2.45, 2.75) is 38.8 Å². The smallest absolute Gasteiger partial charge is 0.410 e. The van der Waals surface area contributed by atoms with Crippen LogP contribution in [0.15, 0.2) is 12.1 Å². The average Bonchev–Trinajstić information content (AvgIpc) is 2.49. The second kappa shape index (κ2) is 7.81. The molecule has 0 spiro atoms. The van der Waals surface area contributed by atoms with E-state index < -0.39 is 5.60 Å². The summed E-state index contributed by atoms with van der Waals surface area (Å²) in [4.78, 5) is 13.5. The number of halogens is 2. The van der Waals surface area contributed by atoms with Crippen LogP contribution in [0.2, 0.25) is 10.0 Å². The normalized spacial score (nSPS) is 17.0. The van der Waals surface area contributed by atoms with E-state index in [1.807, 2.05) is 26.8 Å². The van der Waals surface area contributed by atoms with Gasteiger partial charge < -0.3 is 19.7 Å². The van der Waals surface area contributed by atoms with Crippen molar-refractivity contribution < 1.29 is 14.3 Å². The van der Waals surface area contributed by atoms with Crippen molar-refractivity contribution >= 4 is 29.3 Å². The van der Waals surface area contributed by atoms with E-state index in [4.69, 9.17) is 32.7 Å². The third-order valence-corrected chi connectivity index (χ3v) is 4.44. The van der Waals surface area contributed by atoms with E-state index in [1.165, 1.54) is 0 Å². The molecule has 1 amide bonds. The molecular formula is C17H24Cl2N2O3. The number of amides is 1. The topological polar surface area (TPSA) is 50.8 Å². The standard InChI is InChI=1S/C17H24Cl2N2O3/c1-17(2,3)24-16(22)21(4)9-8-20-13-7-10-23-15-11(13)5-6-12(18)14(15)19/h5-6,13,20H,7-10H2,1-4H3. The van der Waals surface area contributed by atoms with Crippen molar-refractivity contribution in [3.05, 3.63) is 27.7 Å². The maximum atomic E-state index is 11.9. The molecule has 0 fully saturated rings. The molecule has 0 saturated carbocycles. The van der Waals surface area contributed by atoms with Crippen LogP contribution in [0, 0.1) is 0 Å². The van der Waals surface area contributed by atoms with E-state index in [0.29, 0.717) is 35.5 Å². The first-order valence-electron chi connectivity index (χ1n) is 7.97. The van der Waals surface area contributed by atoms with Crippen LogP contribution in [0.4, 0.5) is 4.79 Å². The van der Waals surface area contributed by atoms with Crippen LogP contribution >= 0.6 is 23.2 Å². The number of carbonyl (C=O) groups is 1. The number of rotatable bonds is 4. The summed E-state index contributed by atoms with van der Waals surface area (Å²) in [6.45, 7) is 7.32. The number of ether oxygens (including phenoxy) is 2. The van der Waals surface area contributed by atoms with Crippen molar-refractivity contribution in [3.8, 4) is 5.75 Å². The summed E-state index contributed by atoms with van der Waals surface area (Å²) in [5, 5.41) is 4.38. The summed E-state index contributed by atoms with van der Waals surface area (Å²) in [6, 6.07) is 3.83. The van der Waals surface area contributed by atoms with Gasteiger partial charge in [-0.1, -0.05) is 29.3 Å². The first kappa shape index (κ1) is 19.2. The van der Waals surface area contributed by atoms with Gasteiger partial charge in [-0.2, -0.15) is 0 Å². The number of hydrogen-bond acceptors (Lipinski definition) is 4. The molecule has 1 heterocycles. The van der Waals surface area contributed by atoms with Crippen molar-refractivity contribution in [1.29, 1.82) is 0 Å². The lowest BCUT2D eigenvalue weighted by molar-refractivity contribution is 0.0299.